The molecular weight excluding hydrogens is 369 g/mol. The summed E-state index contributed by atoms with van der Waals surface area (Å²) >= 11 is 7.32. The lowest BCUT2D eigenvalue weighted by Crippen LogP contribution is -2.47. The second-order valence-electron chi connectivity index (χ2n) is 5.91. The van der Waals surface area contributed by atoms with E-state index in [4.69, 9.17) is 17.3 Å². The van der Waals surface area contributed by atoms with E-state index in [0.717, 1.165) is 42.5 Å². The van der Waals surface area contributed by atoms with Crippen LogP contribution in [0.2, 0.25) is 5.02 Å². The molecule has 8 heteroatoms. The van der Waals surface area contributed by atoms with Crippen LogP contribution in [0, 0.1) is 5.92 Å². The number of carbonyl (C=O) groups is 2. The van der Waals surface area contributed by atoms with Gasteiger partial charge in [-0.2, -0.15) is 0 Å². The molecule has 0 saturated carbocycles. The Hall–Kier alpha value is -1.21. The Kier molecular flexibility index (Phi) is 6.20. The molecule has 1 aromatic carbocycles. The first-order chi connectivity index (χ1) is 11.0. The minimum Gasteiger partial charge on any atom is -0.368 e. The van der Waals surface area contributed by atoms with Crippen molar-refractivity contribution in [3.8, 4) is 0 Å². The topological polar surface area (TPSA) is 75.4 Å². The Morgan fingerprint density at radius 2 is 2.17 bits per heavy atom. The van der Waals surface area contributed by atoms with Gasteiger partial charge < -0.3 is 10.6 Å². The zero-order chi connectivity index (χ0) is 16.6. The summed E-state index contributed by atoms with van der Waals surface area (Å²) in [4.78, 5) is 25.6. The van der Waals surface area contributed by atoms with Crippen molar-refractivity contribution in [3.63, 3.8) is 0 Å². The van der Waals surface area contributed by atoms with E-state index in [2.05, 4.69) is 17.1 Å². The van der Waals surface area contributed by atoms with Gasteiger partial charge in [-0.25, -0.2) is 0 Å². The lowest BCUT2D eigenvalue weighted by Gasteiger charge is -2.37. The fraction of sp³-hybridized carbons (Fsp3) is 0.375. The van der Waals surface area contributed by atoms with Crippen molar-refractivity contribution in [1.29, 1.82) is 0 Å². The fourth-order valence-electron chi connectivity index (χ4n) is 2.85. The minimum atomic E-state index is -0.366. The Balaban J connectivity index is 0.00000208. The first-order valence-electron chi connectivity index (χ1n) is 7.49. The van der Waals surface area contributed by atoms with Crippen LogP contribution in [0.1, 0.15) is 18.9 Å². The number of thioether (sulfide) groups is 1. The van der Waals surface area contributed by atoms with E-state index in [1.54, 1.807) is 6.08 Å². The van der Waals surface area contributed by atoms with Crippen molar-refractivity contribution in [2.45, 2.75) is 19.4 Å². The molecule has 5 nitrogen and oxygen atoms in total. The summed E-state index contributed by atoms with van der Waals surface area (Å²) in [6.45, 7) is 3.75. The predicted octanol–water partition coefficient (Wildman–Crippen LogP) is 3.26. The molecule has 2 fully saturated rings. The highest BCUT2D eigenvalue weighted by Gasteiger charge is 2.28. The average Bonchev–Trinajstić information content (AvgIpc) is 2.80. The monoisotopic (exact) mass is 387 g/mol. The number of piperidine rings is 1. The number of nitrogens with one attached hydrogen (secondary N) is 1. The third kappa shape index (κ3) is 3.88. The molecular formula is C16H19Cl2N3O2S. The van der Waals surface area contributed by atoms with Crippen molar-refractivity contribution in [2.75, 3.05) is 18.0 Å². The second kappa shape index (κ2) is 7.78. The summed E-state index contributed by atoms with van der Waals surface area (Å²) in [6.07, 6.45) is 2.71. The van der Waals surface area contributed by atoms with Crippen molar-refractivity contribution >= 4 is 58.7 Å². The van der Waals surface area contributed by atoms with Crippen molar-refractivity contribution < 1.29 is 9.59 Å². The van der Waals surface area contributed by atoms with Gasteiger partial charge in [-0.1, -0.05) is 30.7 Å². The number of hydrogen-bond acceptors (Lipinski definition) is 5. The normalized spacial score (nSPS) is 25.6. The summed E-state index contributed by atoms with van der Waals surface area (Å²) in [5, 5.41) is 2.54. The van der Waals surface area contributed by atoms with Gasteiger partial charge in [0.25, 0.3) is 11.1 Å². The van der Waals surface area contributed by atoms with Gasteiger partial charge in [-0.15, -0.1) is 12.4 Å². The number of rotatable bonds is 2. The van der Waals surface area contributed by atoms with Crippen LogP contribution in [0.3, 0.4) is 0 Å². The number of halogens is 2. The molecule has 130 valence electrons. The molecule has 2 unspecified atom stereocenters. The van der Waals surface area contributed by atoms with Crippen molar-refractivity contribution in [2.24, 2.45) is 11.7 Å². The van der Waals surface area contributed by atoms with Crippen LogP contribution in [0.4, 0.5) is 10.5 Å². The molecule has 3 rings (SSSR count). The number of imide groups is 1. The Labute approximate surface area is 156 Å². The lowest BCUT2D eigenvalue weighted by atomic mass is 9.93. The molecule has 0 spiro atoms. The summed E-state index contributed by atoms with van der Waals surface area (Å²) in [6, 6.07) is 5.65. The molecule has 2 aliphatic heterocycles. The first kappa shape index (κ1) is 19.1. The minimum absolute atomic E-state index is 0. The first-order valence-corrected chi connectivity index (χ1v) is 8.69. The van der Waals surface area contributed by atoms with Gasteiger partial charge in [0.15, 0.2) is 0 Å². The molecule has 2 heterocycles. The smallest absolute Gasteiger partial charge is 0.290 e. The van der Waals surface area contributed by atoms with Gasteiger partial charge in [-0.3, -0.25) is 14.9 Å². The summed E-state index contributed by atoms with van der Waals surface area (Å²) < 4.78 is 0. The van der Waals surface area contributed by atoms with E-state index in [1.807, 2.05) is 18.2 Å². The van der Waals surface area contributed by atoms with Crippen LogP contribution in [0.15, 0.2) is 23.1 Å². The lowest BCUT2D eigenvalue weighted by molar-refractivity contribution is -0.115. The largest absolute Gasteiger partial charge is 0.368 e. The number of nitrogens with two attached hydrogens (primary N) is 1. The third-order valence-electron chi connectivity index (χ3n) is 4.28. The Morgan fingerprint density at radius 3 is 2.79 bits per heavy atom. The van der Waals surface area contributed by atoms with E-state index in [9.17, 15) is 9.59 Å². The van der Waals surface area contributed by atoms with Crippen LogP contribution in [0.25, 0.3) is 6.08 Å². The number of hydrogen-bond donors (Lipinski definition) is 2. The number of anilines is 1. The predicted molar refractivity (Wildman–Crippen MR) is 102 cm³/mol. The quantitative estimate of drug-likeness (QED) is 0.761. The van der Waals surface area contributed by atoms with Crippen molar-refractivity contribution in [1.82, 2.24) is 5.32 Å². The zero-order valence-electron chi connectivity index (χ0n) is 13.1. The molecule has 2 aliphatic rings. The molecule has 0 aromatic heterocycles. The maximum atomic E-state index is 11.8. The molecule has 2 amide bonds. The van der Waals surface area contributed by atoms with E-state index in [1.165, 1.54) is 0 Å². The highest BCUT2D eigenvalue weighted by molar-refractivity contribution is 8.18. The van der Waals surface area contributed by atoms with Gasteiger partial charge in [0.1, 0.15) is 0 Å². The van der Waals surface area contributed by atoms with Crippen LogP contribution in [-0.4, -0.2) is 30.3 Å². The maximum absolute atomic E-state index is 11.8. The van der Waals surface area contributed by atoms with Gasteiger partial charge in [-0.05, 0) is 36.2 Å². The molecule has 1 aromatic rings. The van der Waals surface area contributed by atoms with Gasteiger partial charge in [0, 0.05) is 24.7 Å². The molecule has 0 aliphatic carbocycles. The molecule has 2 saturated heterocycles. The molecule has 0 bridgehead atoms. The van der Waals surface area contributed by atoms with Crippen LogP contribution in [-0.2, 0) is 4.79 Å². The molecule has 3 N–H and O–H groups in total. The average molecular weight is 388 g/mol. The Morgan fingerprint density at radius 1 is 1.42 bits per heavy atom. The van der Waals surface area contributed by atoms with Crippen LogP contribution in [0.5, 0.6) is 0 Å². The molecule has 0 radical (unpaired) electrons. The summed E-state index contributed by atoms with van der Waals surface area (Å²) in [5.74, 6) is 0.110. The second-order valence-corrected chi connectivity index (χ2v) is 7.33. The van der Waals surface area contributed by atoms with Crippen LogP contribution < -0.4 is 16.0 Å². The number of para-hydroxylation sites is 1. The zero-order valence-corrected chi connectivity index (χ0v) is 15.5. The summed E-state index contributed by atoms with van der Waals surface area (Å²) in [7, 11) is 0. The standard InChI is InChI=1S/C16H18ClN3O2S.ClH/c1-9-5-6-20(8-12(9)18)14-10(3-2-4-11(14)17)7-13-15(21)19-16(22)23-13;/h2-4,7,9,12H,5-6,8,18H2,1H3,(H,19,21,22);1H. The fourth-order valence-corrected chi connectivity index (χ4v) is 3.82. The maximum Gasteiger partial charge on any atom is 0.290 e. The van der Waals surface area contributed by atoms with Crippen molar-refractivity contribution in [3.05, 3.63) is 33.7 Å². The third-order valence-corrected chi connectivity index (χ3v) is 5.39. The van der Waals surface area contributed by atoms with E-state index in [-0.39, 0.29) is 29.6 Å². The van der Waals surface area contributed by atoms with E-state index < -0.39 is 0 Å². The Bertz CT molecular complexity index is 696. The van der Waals surface area contributed by atoms with E-state index in [0.29, 0.717) is 15.8 Å². The highest BCUT2D eigenvalue weighted by atomic mass is 35.5. The van der Waals surface area contributed by atoms with E-state index >= 15 is 0 Å². The van der Waals surface area contributed by atoms with Gasteiger partial charge in [0.2, 0.25) is 0 Å². The van der Waals surface area contributed by atoms with Crippen LogP contribution >= 0.6 is 35.8 Å². The summed E-state index contributed by atoms with van der Waals surface area (Å²) in [5.41, 5.74) is 7.89. The number of carbonyl (C=O) groups excluding carboxylic acids is 2. The SMILES string of the molecule is CC1CCN(c2c(Cl)cccc2C=C2SC(=O)NC2=O)CC1N.Cl. The van der Waals surface area contributed by atoms with Gasteiger partial charge in [0.05, 0.1) is 15.6 Å². The highest BCUT2D eigenvalue weighted by Crippen LogP contribution is 2.36. The molecule has 24 heavy (non-hydrogen) atoms. The van der Waals surface area contributed by atoms with Gasteiger partial charge >= 0.3 is 0 Å². The number of benzene rings is 1. The number of amides is 2. The number of nitrogens with zero attached hydrogens (tertiary/aromatic N) is 1. The molecule has 2 atom stereocenters.